The Morgan fingerprint density at radius 1 is 1.44 bits per heavy atom. The Kier molecular flexibility index (Phi) is 2.87. The van der Waals surface area contributed by atoms with Gasteiger partial charge in [-0.1, -0.05) is 6.07 Å². The minimum absolute atomic E-state index is 0.129. The molecule has 84 valence electrons. The lowest BCUT2D eigenvalue weighted by atomic mass is 10.1. The van der Waals surface area contributed by atoms with Crippen LogP contribution in [0.15, 0.2) is 30.9 Å². The number of aromatic nitrogens is 3. The second-order valence-electron chi connectivity index (χ2n) is 3.52. The summed E-state index contributed by atoms with van der Waals surface area (Å²) in [5.41, 5.74) is 7.78. The van der Waals surface area contributed by atoms with Crippen LogP contribution < -0.4 is 10.5 Å². The summed E-state index contributed by atoms with van der Waals surface area (Å²) < 4.78 is 6.99. The summed E-state index contributed by atoms with van der Waals surface area (Å²) in [7, 11) is 1.63. The predicted octanol–water partition coefficient (Wildman–Crippen LogP) is 1.30. The summed E-state index contributed by atoms with van der Waals surface area (Å²) in [4.78, 5) is 3.92. The van der Waals surface area contributed by atoms with Crippen molar-refractivity contribution in [3.05, 3.63) is 36.4 Å². The maximum absolute atomic E-state index is 5.96. The van der Waals surface area contributed by atoms with Crippen LogP contribution in [-0.2, 0) is 0 Å². The molecule has 0 aliphatic rings. The average molecular weight is 218 g/mol. The molecule has 0 unspecified atom stereocenters. The molecule has 5 heteroatoms. The lowest BCUT2D eigenvalue weighted by Gasteiger charge is -2.16. The third-order valence-electron chi connectivity index (χ3n) is 2.38. The van der Waals surface area contributed by atoms with Gasteiger partial charge in [0, 0.05) is 11.6 Å². The van der Waals surface area contributed by atoms with Crippen molar-refractivity contribution >= 4 is 0 Å². The Morgan fingerprint density at radius 2 is 2.25 bits per heavy atom. The van der Waals surface area contributed by atoms with Crippen LogP contribution in [0.5, 0.6) is 5.75 Å². The molecule has 1 atom stereocenters. The summed E-state index contributed by atoms with van der Waals surface area (Å²) in [6.45, 7) is 1.91. The fourth-order valence-corrected chi connectivity index (χ4v) is 1.70. The average Bonchev–Trinajstić information content (AvgIpc) is 2.81. The fourth-order valence-electron chi connectivity index (χ4n) is 1.70. The topological polar surface area (TPSA) is 66.0 Å². The summed E-state index contributed by atoms with van der Waals surface area (Å²) >= 11 is 0. The zero-order valence-corrected chi connectivity index (χ0v) is 9.29. The van der Waals surface area contributed by atoms with Gasteiger partial charge in [-0.25, -0.2) is 9.67 Å². The highest BCUT2D eigenvalue weighted by Gasteiger charge is 2.14. The van der Waals surface area contributed by atoms with Gasteiger partial charge in [0.25, 0.3) is 0 Å². The van der Waals surface area contributed by atoms with E-state index in [0.29, 0.717) is 0 Å². The van der Waals surface area contributed by atoms with Crippen LogP contribution in [-0.4, -0.2) is 21.9 Å². The molecule has 2 N–H and O–H groups in total. The van der Waals surface area contributed by atoms with Crippen molar-refractivity contribution in [3.8, 4) is 11.4 Å². The zero-order chi connectivity index (χ0) is 11.5. The number of ether oxygens (including phenoxy) is 1. The Balaban J connectivity index is 2.61. The highest BCUT2D eigenvalue weighted by Crippen LogP contribution is 2.29. The molecule has 0 bridgehead atoms. The van der Waals surface area contributed by atoms with Gasteiger partial charge in [0.1, 0.15) is 18.4 Å². The largest absolute Gasteiger partial charge is 0.496 e. The molecule has 0 saturated heterocycles. The Hall–Kier alpha value is -1.88. The number of hydrogen-bond donors (Lipinski definition) is 1. The molecule has 0 fully saturated rings. The van der Waals surface area contributed by atoms with Gasteiger partial charge in [-0.3, -0.25) is 0 Å². The van der Waals surface area contributed by atoms with Crippen molar-refractivity contribution in [1.29, 1.82) is 0 Å². The molecule has 1 aromatic heterocycles. The van der Waals surface area contributed by atoms with E-state index in [1.165, 1.54) is 6.33 Å². The van der Waals surface area contributed by atoms with E-state index in [9.17, 15) is 0 Å². The Bertz CT molecular complexity index is 465. The first-order valence-corrected chi connectivity index (χ1v) is 5.01. The predicted molar refractivity (Wildman–Crippen MR) is 60.5 cm³/mol. The van der Waals surface area contributed by atoms with Gasteiger partial charge < -0.3 is 10.5 Å². The molecule has 16 heavy (non-hydrogen) atoms. The molecule has 0 saturated carbocycles. The number of benzene rings is 1. The third kappa shape index (κ3) is 1.77. The van der Waals surface area contributed by atoms with Crippen molar-refractivity contribution in [2.45, 2.75) is 13.0 Å². The van der Waals surface area contributed by atoms with E-state index >= 15 is 0 Å². The smallest absolute Gasteiger partial charge is 0.138 e. The van der Waals surface area contributed by atoms with Crippen LogP contribution >= 0.6 is 0 Å². The number of nitrogens with two attached hydrogens (primary N) is 1. The van der Waals surface area contributed by atoms with Crippen LogP contribution in [0.3, 0.4) is 0 Å². The number of hydrogen-bond acceptors (Lipinski definition) is 4. The highest BCUT2D eigenvalue weighted by atomic mass is 16.5. The van der Waals surface area contributed by atoms with Crippen LogP contribution in [0.1, 0.15) is 18.5 Å². The molecule has 0 spiro atoms. The summed E-state index contributed by atoms with van der Waals surface area (Å²) in [5, 5.41) is 4.10. The van der Waals surface area contributed by atoms with Gasteiger partial charge in [0.2, 0.25) is 0 Å². The molecular weight excluding hydrogens is 204 g/mol. The number of nitrogens with zero attached hydrogens (tertiary/aromatic N) is 3. The highest BCUT2D eigenvalue weighted by molar-refractivity contribution is 5.50. The van der Waals surface area contributed by atoms with Gasteiger partial charge in [0.05, 0.1) is 12.8 Å². The molecule has 2 aromatic rings. The SMILES string of the molecule is COc1cccc(-n2cncn2)c1[C@H](C)N. The van der Waals surface area contributed by atoms with Crippen LogP contribution in [0.4, 0.5) is 0 Å². The Labute approximate surface area is 93.9 Å². The van der Waals surface area contributed by atoms with Crippen molar-refractivity contribution < 1.29 is 4.74 Å². The van der Waals surface area contributed by atoms with Crippen molar-refractivity contribution in [3.63, 3.8) is 0 Å². The normalized spacial score (nSPS) is 12.4. The minimum Gasteiger partial charge on any atom is -0.496 e. The minimum atomic E-state index is -0.129. The number of rotatable bonds is 3. The van der Waals surface area contributed by atoms with E-state index in [1.807, 2.05) is 25.1 Å². The Morgan fingerprint density at radius 3 is 2.81 bits per heavy atom. The van der Waals surface area contributed by atoms with E-state index in [4.69, 9.17) is 10.5 Å². The molecule has 1 heterocycles. The summed E-state index contributed by atoms with van der Waals surface area (Å²) in [6, 6.07) is 5.60. The van der Waals surface area contributed by atoms with E-state index in [0.717, 1.165) is 17.0 Å². The van der Waals surface area contributed by atoms with Gasteiger partial charge >= 0.3 is 0 Å². The number of methoxy groups -OCH3 is 1. The summed E-state index contributed by atoms with van der Waals surface area (Å²) in [5.74, 6) is 0.767. The second kappa shape index (κ2) is 4.32. The second-order valence-corrected chi connectivity index (χ2v) is 3.52. The van der Waals surface area contributed by atoms with Crippen LogP contribution in [0.25, 0.3) is 5.69 Å². The molecular formula is C11H14N4O. The monoisotopic (exact) mass is 218 g/mol. The first-order chi connectivity index (χ1) is 7.74. The fraction of sp³-hybridized carbons (Fsp3) is 0.273. The lowest BCUT2D eigenvalue weighted by Crippen LogP contribution is -2.11. The van der Waals surface area contributed by atoms with Gasteiger partial charge in [-0.2, -0.15) is 5.10 Å². The first kappa shape index (κ1) is 10.6. The van der Waals surface area contributed by atoms with Crippen molar-refractivity contribution in [2.24, 2.45) is 5.73 Å². The molecule has 5 nitrogen and oxygen atoms in total. The maximum atomic E-state index is 5.96. The molecule has 0 aliphatic carbocycles. The maximum Gasteiger partial charge on any atom is 0.138 e. The third-order valence-corrected chi connectivity index (χ3v) is 2.38. The van der Waals surface area contributed by atoms with Gasteiger partial charge in [-0.05, 0) is 19.1 Å². The van der Waals surface area contributed by atoms with Crippen molar-refractivity contribution in [2.75, 3.05) is 7.11 Å². The van der Waals surface area contributed by atoms with E-state index in [1.54, 1.807) is 18.1 Å². The van der Waals surface area contributed by atoms with E-state index in [-0.39, 0.29) is 6.04 Å². The molecule has 1 aromatic carbocycles. The van der Waals surface area contributed by atoms with Gasteiger partial charge in [0.15, 0.2) is 0 Å². The lowest BCUT2D eigenvalue weighted by molar-refractivity contribution is 0.406. The molecule has 0 radical (unpaired) electrons. The van der Waals surface area contributed by atoms with Crippen LogP contribution in [0.2, 0.25) is 0 Å². The van der Waals surface area contributed by atoms with Crippen LogP contribution in [0, 0.1) is 0 Å². The quantitative estimate of drug-likeness (QED) is 0.843. The van der Waals surface area contributed by atoms with Crippen molar-refractivity contribution in [1.82, 2.24) is 14.8 Å². The van der Waals surface area contributed by atoms with Gasteiger partial charge in [-0.15, -0.1) is 0 Å². The standard InChI is InChI=1S/C11H14N4O/c1-8(12)11-9(15-7-13-6-14-15)4-3-5-10(11)16-2/h3-8H,12H2,1-2H3/t8-/m0/s1. The summed E-state index contributed by atoms with van der Waals surface area (Å²) in [6.07, 6.45) is 3.13. The zero-order valence-electron chi connectivity index (χ0n) is 9.29. The first-order valence-electron chi connectivity index (χ1n) is 5.01. The van der Waals surface area contributed by atoms with E-state index < -0.39 is 0 Å². The van der Waals surface area contributed by atoms with E-state index in [2.05, 4.69) is 10.1 Å². The molecule has 0 aliphatic heterocycles. The molecule has 0 amide bonds. The molecule has 2 rings (SSSR count).